The third-order valence-electron chi connectivity index (χ3n) is 4.50. The van der Waals surface area contributed by atoms with Gasteiger partial charge in [-0.05, 0) is 44.0 Å². The summed E-state index contributed by atoms with van der Waals surface area (Å²) in [5, 5.41) is 3.09. The summed E-state index contributed by atoms with van der Waals surface area (Å²) < 4.78 is 25.6. The Balaban J connectivity index is 0.00000288. The first-order chi connectivity index (χ1) is 10.9. The van der Waals surface area contributed by atoms with Gasteiger partial charge < -0.3 is 11.1 Å². The molecule has 0 bridgehead atoms. The van der Waals surface area contributed by atoms with Gasteiger partial charge in [0.15, 0.2) is 0 Å². The first kappa shape index (κ1) is 20.9. The van der Waals surface area contributed by atoms with Crippen LogP contribution in [0.1, 0.15) is 37.7 Å². The number of nitrogens with one attached hydrogen (secondary N) is 2. The number of aryl methyl sites for hydroxylation is 1. The number of halogens is 1. The number of rotatable bonds is 7. The van der Waals surface area contributed by atoms with Crippen molar-refractivity contribution in [2.75, 3.05) is 13.6 Å². The molecule has 0 aromatic heterocycles. The van der Waals surface area contributed by atoms with Crippen LogP contribution in [0, 0.1) is 0 Å². The van der Waals surface area contributed by atoms with E-state index in [1.807, 2.05) is 0 Å². The van der Waals surface area contributed by atoms with Crippen molar-refractivity contribution < 1.29 is 13.2 Å². The van der Waals surface area contributed by atoms with Gasteiger partial charge in [-0.1, -0.05) is 25.0 Å². The van der Waals surface area contributed by atoms with Crippen LogP contribution in [0.4, 0.5) is 0 Å². The van der Waals surface area contributed by atoms with Crippen molar-refractivity contribution in [3.05, 3.63) is 29.8 Å². The molecule has 1 aromatic rings. The number of nitrogens with two attached hydrogens (primary N) is 1. The minimum atomic E-state index is -3.42. The molecule has 1 aromatic carbocycles. The molecule has 8 heteroatoms. The first-order valence-electron chi connectivity index (χ1n) is 7.94. The minimum absolute atomic E-state index is 0. The third kappa shape index (κ3) is 5.17. The SMILES string of the molecule is CNS(=O)(=O)c1ccc(CCC(=O)NC2(CN)CCCC2)cc1.Cl. The monoisotopic (exact) mass is 375 g/mol. The quantitative estimate of drug-likeness (QED) is 0.669. The number of hydrogen-bond acceptors (Lipinski definition) is 4. The number of carbonyl (C=O) groups is 1. The Hall–Kier alpha value is -1.15. The molecule has 0 radical (unpaired) electrons. The van der Waals surface area contributed by atoms with Gasteiger partial charge in [-0.15, -0.1) is 12.4 Å². The number of hydrogen-bond donors (Lipinski definition) is 3. The first-order valence-corrected chi connectivity index (χ1v) is 9.43. The summed E-state index contributed by atoms with van der Waals surface area (Å²) in [6, 6.07) is 6.59. The van der Waals surface area contributed by atoms with Crippen LogP contribution in [0.25, 0.3) is 0 Å². The van der Waals surface area contributed by atoms with E-state index in [1.54, 1.807) is 24.3 Å². The van der Waals surface area contributed by atoms with Crippen LogP contribution in [-0.4, -0.2) is 33.5 Å². The number of amides is 1. The van der Waals surface area contributed by atoms with Gasteiger partial charge in [-0.25, -0.2) is 13.1 Å². The largest absolute Gasteiger partial charge is 0.349 e. The molecule has 1 aliphatic carbocycles. The van der Waals surface area contributed by atoms with E-state index in [9.17, 15) is 13.2 Å². The van der Waals surface area contributed by atoms with E-state index >= 15 is 0 Å². The van der Waals surface area contributed by atoms with Crippen LogP contribution in [0.3, 0.4) is 0 Å². The van der Waals surface area contributed by atoms with Crippen LogP contribution in [-0.2, 0) is 21.2 Å². The van der Waals surface area contributed by atoms with Crippen molar-refractivity contribution in [1.29, 1.82) is 0 Å². The molecule has 2 rings (SSSR count). The van der Waals surface area contributed by atoms with Gasteiger partial charge in [-0.2, -0.15) is 0 Å². The van der Waals surface area contributed by atoms with E-state index in [0.29, 0.717) is 19.4 Å². The molecule has 1 aliphatic rings. The molecule has 0 spiro atoms. The van der Waals surface area contributed by atoms with Crippen LogP contribution >= 0.6 is 12.4 Å². The molecule has 1 saturated carbocycles. The molecule has 1 fully saturated rings. The summed E-state index contributed by atoms with van der Waals surface area (Å²) in [5.41, 5.74) is 6.53. The average Bonchev–Trinajstić information content (AvgIpc) is 3.02. The van der Waals surface area contributed by atoms with E-state index in [0.717, 1.165) is 31.2 Å². The van der Waals surface area contributed by atoms with E-state index in [1.165, 1.54) is 7.05 Å². The molecule has 6 nitrogen and oxygen atoms in total. The van der Waals surface area contributed by atoms with Gasteiger partial charge in [-0.3, -0.25) is 4.79 Å². The predicted molar refractivity (Wildman–Crippen MR) is 96.7 cm³/mol. The van der Waals surface area contributed by atoms with Crippen LogP contribution < -0.4 is 15.8 Å². The van der Waals surface area contributed by atoms with E-state index in [2.05, 4.69) is 10.0 Å². The van der Waals surface area contributed by atoms with Crippen molar-refractivity contribution in [3.63, 3.8) is 0 Å². The predicted octanol–water partition coefficient (Wildman–Crippen LogP) is 1.34. The van der Waals surface area contributed by atoms with E-state index < -0.39 is 10.0 Å². The highest BCUT2D eigenvalue weighted by Crippen LogP contribution is 2.28. The zero-order chi connectivity index (χ0) is 16.9. The second-order valence-corrected chi connectivity index (χ2v) is 7.98. The van der Waals surface area contributed by atoms with Gasteiger partial charge in [0, 0.05) is 13.0 Å². The maximum absolute atomic E-state index is 12.1. The molecule has 0 saturated heterocycles. The van der Waals surface area contributed by atoms with E-state index in [-0.39, 0.29) is 28.7 Å². The Kier molecular flexibility index (Phi) is 7.66. The molecule has 136 valence electrons. The normalized spacial score (nSPS) is 16.4. The van der Waals surface area contributed by atoms with Crippen LogP contribution in [0.5, 0.6) is 0 Å². The fourth-order valence-corrected chi connectivity index (χ4v) is 3.73. The van der Waals surface area contributed by atoms with Crippen LogP contribution in [0.15, 0.2) is 29.2 Å². The van der Waals surface area contributed by atoms with Crippen molar-refractivity contribution in [3.8, 4) is 0 Å². The Labute approximate surface area is 150 Å². The summed E-state index contributed by atoms with van der Waals surface area (Å²) in [6.07, 6.45) is 5.07. The molecule has 1 amide bonds. The molecule has 4 N–H and O–H groups in total. The molecular weight excluding hydrogens is 350 g/mol. The van der Waals surface area contributed by atoms with Crippen molar-refractivity contribution in [2.24, 2.45) is 5.73 Å². The molecule has 24 heavy (non-hydrogen) atoms. The maximum Gasteiger partial charge on any atom is 0.240 e. The Bertz CT molecular complexity index is 641. The lowest BCUT2D eigenvalue weighted by Gasteiger charge is -2.28. The van der Waals surface area contributed by atoms with Gasteiger partial charge in [0.2, 0.25) is 15.9 Å². The lowest BCUT2D eigenvalue weighted by Crippen LogP contribution is -2.51. The Morgan fingerprint density at radius 3 is 2.29 bits per heavy atom. The lowest BCUT2D eigenvalue weighted by molar-refractivity contribution is -0.122. The van der Waals surface area contributed by atoms with Crippen LogP contribution in [0.2, 0.25) is 0 Å². The van der Waals surface area contributed by atoms with Gasteiger partial charge >= 0.3 is 0 Å². The average molecular weight is 376 g/mol. The molecule has 0 unspecified atom stereocenters. The third-order valence-corrected chi connectivity index (χ3v) is 5.93. The summed E-state index contributed by atoms with van der Waals surface area (Å²) in [5.74, 6) is 0.00396. The summed E-state index contributed by atoms with van der Waals surface area (Å²) in [6.45, 7) is 0.481. The molecule has 0 heterocycles. The lowest BCUT2D eigenvalue weighted by atomic mass is 9.97. The summed E-state index contributed by atoms with van der Waals surface area (Å²) in [4.78, 5) is 12.4. The van der Waals surface area contributed by atoms with Crippen molar-refractivity contribution in [2.45, 2.75) is 49.0 Å². The highest BCUT2D eigenvalue weighted by Gasteiger charge is 2.33. The Morgan fingerprint density at radius 1 is 1.21 bits per heavy atom. The topological polar surface area (TPSA) is 101 Å². The van der Waals surface area contributed by atoms with Gasteiger partial charge in [0.1, 0.15) is 0 Å². The number of benzene rings is 1. The standard InChI is InChI=1S/C16H25N3O3S.ClH/c1-18-23(21,22)14-7-4-13(5-8-14)6-9-15(20)19-16(12-17)10-2-3-11-16;/h4-5,7-8,18H,2-3,6,9-12,17H2,1H3,(H,19,20);1H. The van der Waals surface area contributed by atoms with E-state index in [4.69, 9.17) is 5.73 Å². The highest BCUT2D eigenvalue weighted by molar-refractivity contribution is 7.89. The number of sulfonamides is 1. The Morgan fingerprint density at radius 2 is 1.79 bits per heavy atom. The highest BCUT2D eigenvalue weighted by atomic mass is 35.5. The second kappa shape index (κ2) is 8.80. The zero-order valence-corrected chi connectivity index (χ0v) is 15.5. The van der Waals surface area contributed by atoms with Gasteiger partial charge in [0.05, 0.1) is 10.4 Å². The summed E-state index contributed by atoms with van der Waals surface area (Å²) in [7, 11) is -2.04. The summed E-state index contributed by atoms with van der Waals surface area (Å²) >= 11 is 0. The van der Waals surface area contributed by atoms with Crippen molar-refractivity contribution >= 4 is 28.3 Å². The molecular formula is C16H26ClN3O3S. The minimum Gasteiger partial charge on any atom is -0.349 e. The zero-order valence-electron chi connectivity index (χ0n) is 13.9. The number of carbonyl (C=O) groups excluding carboxylic acids is 1. The van der Waals surface area contributed by atoms with Gasteiger partial charge in [0.25, 0.3) is 0 Å². The fraction of sp³-hybridized carbons (Fsp3) is 0.562. The maximum atomic E-state index is 12.1. The smallest absolute Gasteiger partial charge is 0.240 e. The second-order valence-electron chi connectivity index (χ2n) is 6.09. The fourth-order valence-electron chi connectivity index (χ4n) is 3.00. The molecule has 0 atom stereocenters. The van der Waals surface area contributed by atoms with Crippen molar-refractivity contribution in [1.82, 2.24) is 10.0 Å². The molecule has 0 aliphatic heterocycles.